The molecular weight excluding hydrogens is 168 g/mol. The van der Waals surface area contributed by atoms with E-state index < -0.39 is 0 Å². The monoisotopic (exact) mass is 196 g/mol. The fourth-order valence-electron chi connectivity index (χ4n) is 2.99. The van der Waals surface area contributed by atoms with E-state index in [2.05, 4.69) is 20.8 Å². The average molecular weight is 196 g/mol. The summed E-state index contributed by atoms with van der Waals surface area (Å²) in [6, 6.07) is 0. The Labute approximate surface area is 90.5 Å². The first-order valence-corrected chi connectivity index (χ1v) is 6.70. The van der Waals surface area contributed by atoms with E-state index in [1.165, 1.54) is 51.4 Å². The third kappa shape index (κ3) is 4.48. The summed E-state index contributed by atoms with van der Waals surface area (Å²) in [6.45, 7) is 7.20. The van der Waals surface area contributed by atoms with Crippen LogP contribution < -0.4 is 0 Å². The van der Waals surface area contributed by atoms with Crippen molar-refractivity contribution in [2.24, 2.45) is 17.8 Å². The van der Waals surface area contributed by atoms with Gasteiger partial charge in [-0.15, -0.1) is 0 Å². The lowest BCUT2D eigenvalue weighted by molar-refractivity contribution is 0.249. The molecule has 0 saturated heterocycles. The molecule has 0 aromatic carbocycles. The van der Waals surface area contributed by atoms with E-state index in [1.54, 1.807) is 0 Å². The molecule has 1 rings (SSSR count). The van der Waals surface area contributed by atoms with Gasteiger partial charge in [0, 0.05) is 0 Å². The van der Waals surface area contributed by atoms with Crippen LogP contribution in [-0.4, -0.2) is 0 Å². The number of rotatable bonds is 3. The molecule has 1 unspecified atom stereocenters. The van der Waals surface area contributed by atoms with E-state index in [9.17, 15) is 0 Å². The lowest BCUT2D eigenvalue weighted by atomic mass is 9.79. The average Bonchev–Trinajstić information content (AvgIpc) is 2.00. The molecule has 0 radical (unpaired) electrons. The molecule has 0 aromatic rings. The summed E-state index contributed by atoms with van der Waals surface area (Å²) in [7, 11) is 0. The zero-order chi connectivity index (χ0) is 10.4. The smallest absolute Gasteiger partial charge is 0.0388 e. The van der Waals surface area contributed by atoms with Crippen LogP contribution in [-0.2, 0) is 0 Å². The molecule has 1 atom stereocenters. The van der Waals surface area contributed by atoms with Gasteiger partial charge in [-0.3, -0.25) is 0 Å². The first kappa shape index (κ1) is 12.1. The second kappa shape index (κ2) is 6.48. The van der Waals surface area contributed by atoms with Gasteiger partial charge in [-0.2, -0.15) is 0 Å². The Balaban J connectivity index is 2.31. The quantitative estimate of drug-likeness (QED) is 0.594. The van der Waals surface area contributed by atoms with Crippen LogP contribution in [0.5, 0.6) is 0 Å². The van der Waals surface area contributed by atoms with E-state index >= 15 is 0 Å². The van der Waals surface area contributed by atoms with Gasteiger partial charge in [0.2, 0.25) is 0 Å². The summed E-state index contributed by atoms with van der Waals surface area (Å²) in [5.74, 6) is 2.89. The van der Waals surface area contributed by atoms with Crippen LogP contribution in [0.3, 0.4) is 0 Å². The zero-order valence-corrected chi connectivity index (χ0v) is 10.4. The van der Waals surface area contributed by atoms with Crippen LogP contribution in [0.15, 0.2) is 0 Å². The van der Waals surface area contributed by atoms with Gasteiger partial charge in [0.15, 0.2) is 0 Å². The minimum atomic E-state index is 0.885. The highest BCUT2D eigenvalue weighted by atomic mass is 14.2. The lowest BCUT2D eigenvalue weighted by Crippen LogP contribution is -2.15. The normalized spacial score (nSPS) is 23.1. The minimum absolute atomic E-state index is 0.885. The van der Waals surface area contributed by atoms with Gasteiger partial charge in [0.05, 0.1) is 0 Å². The molecule has 0 heteroatoms. The summed E-state index contributed by atoms with van der Waals surface area (Å²) in [5.41, 5.74) is 0. The van der Waals surface area contributed by atoms with Crippen molar-refractivity contribution in [2.45, 2.75) is 72.1 Å². The Bertz CT molecular complexity index is 129. The largest absolute Gasteiger partial charge is 0.0628 e. The molecular formula is C14H28. The Morgan fingerprint density at radius 3 is 1.86 bits per heavy atom. The molecule has 0 amide bonds. The van der Waals surface area contributed by atoms with Gasteiger partial charge in [-0.25, -0.2) is 0 Å². The molecule has 84 valence electrons. The Hall–Kier alpha value is 0. The molecule has 1 saturated carbocycles. The predicted octanol–water partition coefficient (Wildman–Crippen LogP) is 5.03. The van der Waals surface area contributed by atoms with Crippen molar-refractivity contribution in [3.8, 4) is 0 Å². The van der Waals surface area contributed by atoms with Crippen LogP contribution >= 0.6 is 0 Å². The summed E-state index contributed by atoms with van der Waals surface area (Å²) in [6.07, 6.45) is 11.9. The van der Waals surface area contributed by atoms with Crippen molar-refractivity contribution in [3.63, 3.8) is 0 Å². The lowest BCUT2D eigenvalue weighted by Gasteiger charge is -2.27. The van der Waals surface area contributed by atoms with Gasteiger partial charge in [0.25, 0.3) is 0 Å². The van der Waals surface area contributed by atoms with Crippen LogP contribution in [0.25, 0.3) is 0 Å². The maximum atomic E-state index is 2.48. The minimum Gasteiger partial charge on any atom is -0.0628 e. The van der Waals surface area contributed by atoms with Crippen molar-refractivity contribution >= 4 is 0 Å². The molecule has 1 aliphatic rings. The summed E-state index contributed by atoms with van der Waals surface area (Å²) in [5, 5.41) is 0. The number of hydrogen-bond donors (Lipinski definition) is 0. The van der Waals surface area contributed by atoms with Crippen molar-refractivity contribution in [1.29, 1.82) is 0 Å². The highest BCUT2D eigenvalue weighted by Gasteiger charge is 2.18. The Kier molecular flexibility index (Phi) is 5.59. The molecule has 14 heavy (non-hydrogen) atoms. The molecule has 0 N–H and O–H groups in total. The van der Waals surface area contributed by atoms with Crippen LogP contribution in [0.4, 0.5) is 0 Å². The molecule has 0 heterocycles. The van der Waals surface area contributed by atoms with Crippen LogP contribution in [0.1, 0.15) is 72.1 Å². The fourth-order valence-corrected chi connectivity index (χ4v) is 2.99. The van der Waals surface area contributed by atoms with Gasteiger partial charge < -0.3 is 0 Å². The summed E-state index contributed by atoms with van der Waals surface area (Å²) >= 11 is 0. The number of hydrogen-bond acceptors (Lipinski definition) is 0. The van der Waals surface area contributed by atoms with E-state index in [1.807, 2.05) is 0 Å². The molecule has 0 aliphatic heterocycles. The molecule has 0 nitrogen and oxygen atoms in total. The van der Waals surface area contributed by atoms with E-state index in [0.29, 0.717) is 0 Å². The third-order valence-electron chi connectivity index (χ3n) is 3.80. The topological polar surface area (TPSA) is 0 Å². The van der Waals surface area contributed by atoms with Crippen molar-refractivity contribution in [1.82, 2.24) is 0 Å². The Morgan fingerprint density at radius 2 is 1.36 bits per heavy atom. The molecule has 0 spiro atoms. The van der Waals surface area contributed by atoms with E-state index in [0.717, 1.165) is 17.8 Å². The molecule has 1 aliphatic carbocycles. The van der Waals surface area contributed by atoms with Gasteiger partial charge in [-0.05, 0) is 24.2 Å². The Morgan fingerprint density at radius 1 is 0.857 bits per heavy atom. The third-order valence-corrected chi connectivity index (χ3v) is 3.80. The second-order valence-corrected chi connectivity index (χ2v) is 5.71. The second-order valence-electron chi connectivity index (χ2n) is 5.71. The highest BCUT2D eigenvalue weighted by molar-refractivity contribution is 4.70. The van der Waals surface area contributed by atoms with Gasteiger partial charge in [0.1, 0.15) is 0 Å². The van der Waals surface area contributed by atoms with Crippen molar-refractivity contribution < 1.29 is 0 Å². The first-order chi connectivity index (χ1) is 6.70. The van der Waals surface area contributed by atoms with Crippen LogP contribution in [0.2, 0.25) is 0 Å². The fraction of sp³-hybridized carbons (Fsp3) is 1.00. The van der Waals surface area contributed by atoms with Crippen molar-refractivity contribution in [3.05, 3.63) is 0 Å². The van der Waals surface area contributed by atoms with E-state index in [4.69, 9.17) is 0 Å². The first-order valence-electron chi connectivity index (χ1n) is 6.70. The van der Waals surface area contributed by atoms with E-state index in [-0.39, 0.29) is 0 Å². The van der Waals surface area contributed by atoms with Crippen LogP contribution in [0, 0.1) is 17.8 Å². The standard InChI is InChI=1S/C14H28/c1-12(2)11-13(3)14-9-7-5-4-6-8-10-14/h12-14H,4-11H2,1-3H3. The van der Waals surface area contributed by atoms with Gasteiger partial charge >= 0.3 is 0 Å². The summed E-state index contributed by atoms with van der Waals surface area (Å²) < 4.78 is 0. The zero-order valence-electron chi connectivity index (χ0n) is 10.4. The highest BCUT2D eigenvalue weighted by Crippen LogP contribution is 2.31. The maximum absolute atomic E-state index is 2.48. The maximum Gasteiger partial charge on any atom is -0.0388 e. The summed E-state index contributed by atoms with van der Waals surface area (Å²) in [4.78, 5) is 0. The molecule has 0 aromatic heterocycles. The molecule has 1 fully saturated rings. The SMILES string of the molecule is CC(C)CC(C)C1CCCCCCC1. The van der Waals surface area contributed by atoms with Crippen molar-refractivity contribution in [2.75, 3.05) is 0 Å². The predicted molar refractivity (Wildman–Crippen MR) is 64.4 cm³/mol. The molecule has 0 bridgehead atoms. The van der Waals surface area contributed by atoms with Gasteiger partial charge in [-0.1, -0.05) is 65.7 Å².